The molecule has 0 aromatic carbocycles. The third-order valence-corrected chi connectivity index (χ3v) is 7.57. The molecule has 0 unspecified atom stereocenters. The molecule has 21 heavy (non-hydrogen) atoms. The molecule has 0 aliphatic heterocycles. The molecule has 6 rings (SSSR count). The van der Waals surface area contributed by atoms with Crippen LogP contribution in [0.4, 0.5) is 0 Å². The van der Waals surface area contributed by atoms with Gasteiger partial charge in [0.2, 0.25) is 0 Å². The van der Waals surface area contributed by atoms with Crippen LogP contribution in [0.3, 0.4) is 0 Å². The Morgan fingerprint density at radius 1 is 1.14 bits per heavy atom. The Bertz CT molecular complexity index is 579. The Morgan fingerprint density at radius 2 is 1.81 bits per heavy atom. The van der Waals surface area contributed by atoms with Crippen LogP contribution in [0.25, 0.3) is 6.08 Å². The lowest BCUT2D eigenvalue weighted by atomic mass is 9.53. The van der Waals surface area contributed by atoms with E-state index in [4.69, 9.17) is 11.6 Å². The van der Waals surface area contributed by atoms with Crippen molar-refractivity contribution in [3.05, 3.63) is 26.4 Å². The van der Waals surface area contributed by atoms with Crippen LogP contribution in [0.5, 0.6) is 0 Å². The van der Waals surface area contributed by atoms with Crippen LogP contribution >= 0.6 is 22.9 Å². The molecule has 1 N–H and O–H groups in total. The number of hydrogen-bond donors (Lipinski definition) is 1. The zero-order valence-corrected chi connectivity index (χ0v) is 13.9. The van der Waals surface area contributed by atoms with E-state index in [9.17, 15) is 0 Å². The average molecular weight is 320 g/mol. The van der Waals surface area contributed by atoms with Crippen LogP contribution in [0, 0.1) is 17.8 Å². The lowest BCUT2D eigenvalue weighted by Gasteiger charge is -2.57. The van der Waals surface area contributed by atoms with Crippen LogP contribution in [-0.2, 0) is 6.42 Å². The van der Waals surface area contributed by atoms with E-state index >= 15 is 0 Å². The minimum atomic E-state index is 0.489. The summed E-state index contributed by atoms with van der Waals surface area (Å²) >= 11 is 7.84. The molecule has 0 radical (unpaired) electrons. The van der Waals surface area contributed by atoms with E-state index in [0.717, 1.165) is 35.1 Å². The number of thiophene rings is 1. The Balaban J connectivity index is 1.29. The summed E-state index contributed by atoms with van der Waals surface area (Å²) in [5.41, 5.74) is 3.42. The van der Waals surface area contributed by atoms with Crippen molar-refractivity contribution in [1.29, 1.82) is 0 Å². The van der Waals surface area contributed by atoms with Crippen LogP contribution in [0.15, 0.2) is 11.6 Å². The molecule has 1 aromatic rings. The second-order valence-corrected chi connectivity index (χ2v) is 9.73. The van der Waals surface area contributed by atoms with E-state index in [-0.39, 0.29) is 0 Å². The van der Waals surface area contributed by atoms with Crippen molar-refractivity contribution in [2.45, 2.75) is 50.5 Å². The second kappa shape index (κ2) is 4.59. The van der Waals surface area contributed by atoms with Gasteiger partial charge in [0.15, 0.2) is 0 Å². The van der Waals surface area contributed by atoms with E-state index in [1.807, 2.05) is 0 Å². The van der Waals surface area contributed by atoms with Gasteiger partial charge in [-0.05, 0) is 67.9 Å². The lowest BCUT2D eigenvalue weighted by Crippen LogP contribution is -2.58. The van der Waals surface area contributed by atoms with Crippen LogP contribution < -0.4 is 5.32 Å². The molecule has 4 bridgehead atoms. The summed E-state index contributed by atoms with van der Waals surface area (Å²) < 4.78 is 0.935. The first-order valence-corrected chi connectivity index (χ1v) is 9.60. The third kappa shape index (κ3) is 2.22. The van der Waals surface area contributed by atoms with E-state index in [2.05, 4.69) is 17.5 Å². The number of hydrogen-bond acceptors (Lipinski definition) is 2. The Hall–Kier alpha value is -0.310. The van der Waals surface area contributed by atoms with Crippen LogP contribution in [0.2, 0.25) is 4.34 Å². The molecule has 5 aliphatic rings. The highest BCUT2D eigenvalue weighted by molar-refractivity contribution is 7.16. The predicted molar refractivity (Wildman–Crippen MR) is 89.9 cm³/mol. The summed E-state index contributed by atoms with van der Waals surface area (Å²) in [4.78, 5) is 1.46. The zero-order chi connectivity index (χ0) is 14.0. The highest BCUT2D eigenvalue weighted by Crippen LogP contribution is 2.55. The quantitative estimate of drug-likeness (QED) is 0.835. The maximum absolute atomic E-state index is 6.09. The molecule has 0 saturated heterocycles. The number of rotatable bonds is 3. The standard InChI is InChI=1S/C18H22ClNS/c19-17-6-15-4-14(5-16(15)21-17)10-20-18-7-11-1-12(8-18)3-13(2-11)9-18/h4,6,11-13,20H,1-3,5,7-10H2. The second-order valence-electron chi connectivity index (χ2n) is 7.96. The van der Waals surface area contributed by atoms with Crippen molar-refractivity contribution in [2.24, 2.45) is 17.8 Å². The minimum Gasteiger partial charge on any atom is -0.307 e. The molecule has 0 atom stereocenters. The first-order chi connectivity index (χ1) is 10.2. The molecule has 4 fully saturated rings. The van der Waals surface area contributed by atoms with Gasteiger partial charge < -0.3 is 5.32 Å². The highest BCUT2D eigenvalue weighted by Gasteiger charge is 2.50. The SMILES string of the molecule is Clc1cc2c(s1)CC(CNC13CC4CC(CC(C4)C1)C3)=C2. The molecule has 0 amide bonds. The van der Waals surface area contributed by atoms with Gasteiger partial charge in [0.05, 0.1) is 4.34 Å². The number of halogens is 1. The van der Waals surface area contributed by atoms with Crippen molar-refractivity contribution in [3.63, 3.8) is 0 Å². The lowest BCUT2D eigenvalue weighted by molar-refractivity contribution is -0.0182. The largest absolute Gasteiger partial charge is 0.307 e. The van der Waals surface area contributed by atoms with E-state index < -0.39 is 0 Å². The molecular formula is C18H22ClNS. The van der Waals surface area contributed by atoms with Gasteiger partial charge in [0.25, 0.3) is 0 Å². The molecule has 1 aromatic heterocycles. The van der Waals surface area contributed by atoms with Gasteiger partial charge in [-0.1, -0.05) is 23.3 Å². The highest BCUT2D eigenvalue weighted by atomic mass is 35.5. The van der Waals surface area contributed by atoms with Gasteiger partial charge in [-0.3, -0.25) is 0 Å². The number of nitrogens with one attached hydrogen (secondary N) is 1. The molecule has 1 heterocycles. The fraction of sp³-hybridized carbons (Fsp3) is 0.667. The van der Waals surface area contributed by atoms with Crippen molar-refractivity contribution < 1.29 is 0 Å². The Morgan fingerprint density at radius 3 is 2.43 bits per heavy atom. The summed E-state index contributed by atoms with van der Waals surface area (Å²) in [6.07, 6.45) is 12.4. The van der Waals surface area contributed by atoms with Gasteiger partial charge in [0.1, 0.15) is 0 Å². The molecular weight excluding hydrogens is 298 g/mol. The molecule has 112 valence electrons. The molecule has 1 nitrogen and oxygen atoms in total. The smallest absolute Gasteiger partial charge is 0.0937 e. The molecule has 5 aliphatic carbocycles. The molecule has 4 saturated carbocycles. The Kier molecular flexibility index (Phi) is 2.88. The van der Waals surface area contributed by atoms with Crippen molar-refractivity contribution in [3.8, 4) is 0 Å². The van der Waals surface area contributed by atoms with Gasteiger partial charge in [-0.25, -0.2) is 0 Å². The van der Waals surface area contributed by atoms with E-state index in [1.54, 1.807) is 16.9 Å². The fourth-order valence-electron chi connectivity index (χ4n) is 5.89. The Labute approximate surface area is 135 Å². The maximum atomic E-state index is 6.09. The zero-order valence-electron chi connectivity index (χ0n) is 12.3. The van der Waals surface area contributed by atoms with E-state index in [0.29, 0.717) is 5.54 Å². The van der Waals surface area contributed by atoms with Crippen molar-refractivity contribution in [2.75, 3.05) is 6.54 Å². The molecule has 0 spiro atoms. The summed E-state index contributed by atoms with van der Waals surface area (Å²) in [7, 11) is 0. The van der Waals surface area contributed by atoms with Gasteiger partial charge >= 0.3 is 0 Å². The first kappa shape index (κ1) is 13.2. The van der Waals surface area contributed by atoms with Crippen LogP contribution in [-0.4, -0.2) is 12.1 Å². The monoisotopic (exact) mass is 319 g/mol. The topological polar surface area (TPSA) is 12.0 Å². The van der Waals surface area contributed by atoms with Crippen molar-refractivity contribution in [1.82, 2.24) is 5.32 Å². The van der Waals surface area contributed by atoms with Crippen molar-refractivity contribution >= 4 is 29.0 Å². The van der Waals surface area contributed by atoms with Gasteiger partial charge in [-0.15, -0.1) is 11.3 Å². The predicted octanol–water partition coefficient (Wildman–Crippen LogP) is 4.90. The normalized spacial score (nSPS) is 39.7. The summed E-state index contributed by atoms with van der Waals surface area (Å²) in [6.45, 7) is 1.09. The van der Waals surface area contributed by atoms with Gasteiger partial charge in [-0.2, -0.15) is 0 Å². The fourth-order valence-corrected chi connectivity index (χ4v) is 7.20. The number of fused-ring (bicyclic) bond motifs is 1. The summed E-state index contributed by atoms with van der Waals surface area (Å²) in [5, 5.41) is 4.01. The van der Waals surface area contributed by atoms with Gasteiger partial charge in [0, 0.05) is 23.4 Å². The summed E-state index contributed by atoms with van der Waals surface area (Å²) in [5.74, 6) is 3.09. The van der Waals surface area contributed by atoms with Crippen LogP contribution in [0.1, 0.15) is 49.0 Å². The average Bonchev–Trinajstić information content (AvgIpc) is 2.91. The first-order valence-electron chi connectivity index (χ1n) is 8.40. The third-order valence-electron chi connectivity index (χ3n) is 6.29. The maximum Gasteiger partial charge on any atom is 0.0937 e. The summed E-state index contributed by atoms with van der Waals surface area (Å²) in [6, 6.07) is 2.12. The van der Waals surface area contributed by atoms with E-state index in [1.165, 1.54) is 49.0 Å². The molecule has 3 heteroatoms. The minimum absolute atomic E-state index is 0.489.